The molecule has 1 rings (SSSR count). The van der Waals surface area contributed by atoms with Crippen LogP contribution >= 0.6 is 0 Å². The van der Waals surface area contributed by atoms with Gasteiger partial charge >= 0.3 is 0 Å². The Bertz CT molecular complexity index is 445. The Morgan fingerprint density at radius 3 is 2.05 bits per heavy atom. The fraction of sp³-hybridized carbons (Fsp3) is 0.588. The predicted molar refractivity (Wildman–Crippen MR) is 89.1 cm³/mol. The summed E-state index contributed by atoms with van der Waals surface area (Å²) in [4.78, 5) is 0. The van der Waals surface area contributed by atoms with Gasteiger partial charge in [0.05, 0.1) is 0 Å². The highest BCUT2D eigenvalue weighted by atomic mass is 14.9. The summed E-state index contributed by atoms with van der Waals surface area (Å²) in [5.41, 5.74) is 11.1. The van der Waals surface area contributed by atoms with E-state index in [-0.39, 0.29) is 0 Å². The van der Waals surface area contributed by atoms with Crippen LogP contribution < -0.4 is 16.0 Å². The number of unbranched alkanes of at least 4 members (excludes halogenated alkanes) is 5. The van der Waals surface area contributed by atoms with E-state index >= 15 is 0 Å². The third kappa shape index (κ3) is 12.7. The van der Waals surface area contributed by atoms with Gasteiger partial charge in [0, 0.05) is 25.0 Å². The molecule has 1 aromatic rings. The maximum absolute atomic E-state index is 7.10. The van der Waals surface area contributed by atoms with E-state index in [1.54, 1.807) is 0 Å². The van der Waals surface area contributed by atoms with E-state index in [4.69, 9.17) is 10.5 Å². The molecule has 0 atom stereocenters. The number of hydrogen-bond acceptors (Lipinski definition) is 4. The van der Waals surface area contributed by atoms with Crippen molar-refractivity contribution in [1.82, 2.24) is 0 Å². The minimum atomic E-state index is 1.18. The van der Waals surface area contributed by atoms with E-state index < -0.39 is 0 Å². The lowest BCUT2D eigenvalue weighted by atomic mass is 10.1. The van der Waals surface area contributed by atoms with Gasteiger partial charge in [0.1, 0.15) is 6.54 Å². The number of nitriles is 2. The standard InChI is InChI=1S/C15H26N.2CH2N2/c1-4-5-6-7-8-9-12-16-13-10-11-14(2)15(16)3;2*2-1-3/h10-11,13H,4-9,12H2,1-3H3;2*2H2/q+1;;. The molecular formula is C17H30N5+. The second-order valence-corrected chi connectivity index (χ2v) is 5.00. The summed E-state index contributed by atoms with van der Waals surface area (Å²) in [5, 5.41) is 14.2. The number of nitrogens with two attached hydrogens (primary N) is 2. The first-order valence-electron chi connectivity index (χ1n) is 7.74. The lowest BCUT2D eigenvalue weighted by Crippen LogP contribution is -2.37. The minimum absolute atomic E-state index is 1.18. The van der Waals surface area contributed by atoms with Crippen molar-refractivity contribution >= 4 is 0 Å². The number of pyridine rings is 1. The quantitative estimate of drug-likeness (QED) is 0.350. The molecule has 1 aromatic heterocycles. The first kappa shape index (κ1) is 22.0. The summed E-state index contributed by atoms with van der Waals surface area (Å²) in [6.07, 6.45) is 12.9. The molecule has 0 aliphatic carbocycles. The summed E-state index contributed by atoms with van der Waals surface area (Å²) in [5.74, 6) is 0. The fourth-order valence-electron chi connectivity index (χ4n) is 2.05. The van der Waals surface area contributed by atoms with Crippen molar-refractivity contribution in [2.45, 2.75) is 65.8 Å². The van der Waals surface area contributed by atoms with Crippen LogP contribution in [0, 0.1) is 36.8 Å². The average molecular weight is 304 g/mol. The van der Waals surface area contributed by atoms with E-state index in [2.05, 4.69) is 55.1 Å². The summed E-state index contributed by atoms with van der Waals surface area (Å²) < 4.78 is 2.38. The van der Waals surface area contributed by atoms with Crippen molar-refractivity contribution in [3.8, 4) is 12.4 Å². The highest BCUT2D eigenvalue weighted by Crippen LogP contribution is 2.05. The molecule has 0 radical (unpaired) electrons. The topological polar surface area (TPSA) is 103 Å². The SMILES string of the molecule is CCCCCCCC[n+]1cccc(C)c1C.N#CN.N#CN. The van der Waals surface area contributed by atoms with Gasteiger partial charge in [-0.3, -0.25) is 0 Å². The van der Waals surface area contributed by atoms with E-state index in [0.29, 0.717) is 0 Å². The molecule has 0 bridgehead atoms. The van der Waals surface area contributed by atoms with Gasteiger partial charge in [-0.1, -0.05) is 32.6 Å². The normalized spacial score (nSPS) is 8.41. The van der Waals surface area contributed by atoms with Crippen LogP contribution in [-0.4, -0.2) is 0 Å². The van der Waals surface area contributed by atoms with Crippen LogP contribution in [0.2, 0.25) is 0 Å². The Hall–Kier alpha value is -2.27. The van der Waals surface area contributed by atoms with E-state index in [0.717, 1.165) is 0 Å². The Labute approximate surface area is 135 Å². The molecule has 0 aliphatic heterocycles. The lowest BCUT2D eigenvalue weighted by molar-refractivity contribution is -0.703. The molecule has 0 saturated heterocycles. The largest absolute Gasteiger partial charge is 0.337 e. The van der Waals surface area contributed by atoms with Crippen LogP contribution in [0.15, 0.2) is 18.3 Å². The fourth-order valence-corrected chi connectivity index (χ4v) is 2.05. The Morgan fingerprint density at radius 2 is 1.50 bits per heavy atom. The monoisotopic (exact) mass is 304 g/mol. The number of aromatic nitrogens is 1. The second kappa shape index (κ2) is 16.8. The molecular weight excluding hydrogens is 274 g/mol. The maximum atomic E-state index is 7.10. The molecule has 5 heteroatoms. The van der Waals surface area contributed by atoms with Gasteiger partial charge in [0.15, 0.2) is 24.3 Å². The highest BCUT2D eigenvalue weighted by Gasteiger charge is 2.06. The van der Waals surface area contributed by atoms with Crippen molar-refractivity contribution in [2.24, 2.45) is 11.5 Å². The van der Waals surface area contributed by atoms with Crippen molar-refractivity contribution in [3.63, 3.8) is 0 Å². The summed E-state index contributed by atoms with van der Waals surface area (Å²) in [6, 6.07) is 4.34. The average Bonchev–Trinajstić information content (AvgIpc) is 2.48. The van der Waals surface area contributed by atoms with Crippen molar-refractivity contribution in [3.05, 3.63) is 29.6 Å². The molecule has 22 heavy (non-hydrogen) atoms. The van der Waals surface area contributed by atoms with Crippen LogP contribution in [-0.2, 0) is 6.54 Å². The molecule has 1 heterocycles. The molecule has 0 spiro atoms. The van der Waals surface area contributed by atoms with Crippen molar-refractivity contribution < 1.29 is 4.57 Å². The minimum Gasteiger partial charge on any atom is -0.337 e. The van der Waals surface area contributed by atoms with Crippen LogP contribution in [0.3, 0.4) is 0 Å². The van der Waals surface area contributed by atoms with Gasteiger partial charge in [-0.05, 0) is 19.4 Å². The zero-order chi connectivity index (χ0) is 17.2. The van der Waals surface area contributed by atoms with Gasteiger partial charge in [0.2, 0.25) is 0 Å². The third-order valence-electron chi connectivity index (χ3n) is 3.37. The maximum Gasteiger partial charge on any atom is 0.181 e. The molecule has 0 unspecified atom stereocenters. The second-order valence-electron chi connectivity index (χ2n) is 5.00. The molecule has 0 saturated carbocycles. The molecule has 4 N–H and O–H groups in total. The van der Waals surface area contributed by atoms with Gasteiger partial charge in [-0.2, -0.15) is 10.5 Å². The lowest BCUT2D eigenvalue weighted by Gasteiger charge is -2.03. The molecule has 0 fully saturated rings. The van der Waals surface area contributed by atoms with Gasteiger partial charge < -0.3 is 11.5 Å². The summed E-state index contributed by atoms with van der Waals surface area (Å²) in [7, 11) is 0. The smallest absolute Gasteiger partial charge is 0.181 e. The zero-order valence-electron chi connectivity index (χ0n) is 14.2. The van der Waals surface area contributed by atoms with Crippen molar-refractivity contribution in [1.29, 1.82) is 10.5 Å². The molecule has 0 amide bonds. The van der Waals surface area contributed by atoms with Crippen LogP contribution in [0.1, 0.15) is 56.7 Å². The molecule has 5 nitrogen and oxygen atoms in total. The number of aryl methyl sites for hydroxylation is 2. The van der Waals surface area contributed by atoms with E-state index in [1.165, 1.54) is 68.7 Å². The number of rotatable bonds is 7. The first-order valence-corrected chi connectivity index (χ1v) is 7.74. The van der Waals surface area contributed by atoms with Gasteiger partial charge in [-0.15, -0.1) is 0 Å². The Kier molecular flexibility index (Phi) is 16.8. The molecule has 122 valence electrons. The summed E-state index contributed by atoms with van der Waals surface area (Å²) >= 11 is 0. The van der Waals surface area contributed by atoms with Crippen LogP contribution in [0.5, 0.6) is 0 Å². The summed E-state index contributed by atoms with van der Waals surface area (Å²) in [6.45, 7) is 7.85. The number of nitrogens with zero attached hydrogens (tertiary/aromatic N) is 3. The Balaban J connectivity index is 0. The van der Waals surface area contributed by atoms with Crippen LogP contribution in [0.25, 0.3) is 0 Å². The van der Waals surface area contributed by atoms with E-state index in [9.17, 15) is 0 Å². The Morgan fingerprint density at radius 1 is 1.00 bits per heavy atom. The molecule has 0 aliphatic rings. The molecule has 0 aromatic carbocycles. The van der Waals surface area contributed by atoms with Gasteiger partial charge in [0.25, 0.3) is 0 Å². The number of hydrogen-bond donors (Lipinski definition) is 2. The highest BCUT2D eigenvalue weighted by molar-refractivity contribution is 5.11. The van der Waals surface area contributed by atoms with Crippen molar-refractivity contribution in [2.75, 3.05) is 0 Å². The zero-order valence-corrected chi connectivity index (χ0v) is 14.2. The predicted octanol–water partition coefficient (Wildman–Crippen LogP) is 2.80. The van der Waals surface area contributed by atoms with Gasteiger partial charge in [-0.25, -0.2) is 4.57 Å². The first-order chi connectivity index (χ1) is 10.6. The van der Waals surface area contributed by atoms with Crippen LogP contribution in [0.4, 0.5) is 0 Å². The third-order valence-corrected chi connectivity index (χ3v) is 3.37. The van der Waals surface area contributed by atoms with E-state index in [1.807, 2.05) is 0 Å².